The van der Waals surface area contributed by atoms with E-state index in [1.165, 1.54) is 12.0 Å². The van der Waals surface area contributed by atoms with Crippen molar-refractivity contribution in [3.8, 4) is 0 Å². The van der Waals surface area contributed by atoms with Gasteiger partial charge in [0, 0.05) is 56.6 Å². The van der Waals surface area contributed by atoms with Gasteiger partial charge in [-0.15, -0.1) is 0 Å². The highest BCUT2D eigenvalue weighted by Gasteiger charge is 2.38. The van der Waals surface area contributed by atoms with Gasteiger partial charge in [0.05, 0.1) is 0 Å². The first-order chi connectivity index (χ1) is 15.1. The second-order valence-corrected chi connectivity index (χ2v) is 9.79. The maximum Gasteiger partial charge on any atom is 0.322 e. The topological polar surface area (TPSA) is 55.9 Å². The van der Waals surface area contributed by atoms with E-state index < -0.39 is 0 Å². The fourth-order valence-electron chi connectivity index (χ4n) is 5.42. The number of urea groups is 1. The molecule has 1 aromatic carbocycles. The molecule has 6 nitrogen and oxygen atoms in total. The number of benzene rings is 1. The summed E-state index contributed by atoms with van der Waals surface area (Å²) < 4.78 is 0. The summed E-state index contributed by atoms with van der Waals surface area (Å²) in [5, 5.41) is 7.23. The minimum atomic E-state index is -0.0799. The fraction of sp³-hybridized carbons (Fsp3) is 0.500. The number of nitrogens with one attached hydrogen (secondary N) is 1. The third-order valence-corrected chi connectivity index (χ3v) is 7.74. The second kappa shape index (κ2) is 8.63. The quantitative estimate of drug-likeness (QED) is 0.792. The molecule has 0 radical (unpaired) electrons. The van der Waals surface area contributed by atoms with Crippen molar-refractivity contribution < 1.29 is 9.59 Å². The maximum atomic E-state index is 13.5. The Morgan fingerprint density at radius 1 is 1.19 bits per heavy atom. The summed E-state index contributed by atoms with van der Waals surface area (Å²) in [5.74, 6) is 0.654. The second-order valence-electron chi connectivity index (χ2n) is 9.01. The highest BCUT2D eigenvalue weighted by molar-refractivity contribution is 7.07. The number of carbonyl (C=O) groups is 2. The van der Waals surface area contributed by atoms with Crippen LogP contribution >= 0.6 is 11.3 Å². The average molecular weight is 439 g/mol. The van der Waals surface area contributed by atoms with Gasteiger partial charge in [0.25, 0.3) is 5.91 Å². The Balaban J connectivity index is 1.31. The van der Waals surface area contributed by atoms with Crippen molar-refractivity contribution >= 4 is 29.0 Å². The number of carbonyl (C=O) groups excluding carboxylic acids is 2. The Morgan fingerprint density at radius 2 is 2.10 bits per heavy atom. The predicted octanol–water partition coefficient (Wildman–Crippen LogP) is 3.71. The van der Waals surface area contributed by atoms with E-state index in [4.69, 9.17) is 0 Å². The van der Waals surface area contributed by atoms with Gasteiger partial charge >= 0.3 is 6.03 Å². The number of anilines is 1. The molecule has 1 N–H and O–H groups in total. The lowest BCUT2D eigenvalue weighted by Crippen LogP contribution is -2.55. The zero-order valence-electron chi connectivity index (χ0n) is 18.0. The Bertz CT molecular complexity index is 960. The van der Waals surface area contributed by atoms with Gasteiger partial charge in [-0.2, -0.15) is 11.3 Å². The first-order valence-electron chi connectivity index (χ1n) is 11.3. The Labute approximate surface area is 187 Å². The van der Waals surface area contributed by atoms with E-state index >= 15 is 0 Å². The standard InChI is InChI=1S/C24H30N4O2S/c1-17-4-5-19(13-22(17)28-11-8-25-24(28)30)23(29)27-9-2-3-20-15-26(10-6-21(20)27)14-18-7-12-31-16-18/h4-5,7,12-13,16,20-21H,2-3,6,8-11,14-15H2,1H3,(H,25,30)/t20-,21-/m1/s1. The van der Waals surface area contributed by atoms with Crippen molar-refractivity contribution in [1.29, 1.82) is 0 Å². The van der Waals surface area contributed by atoms with Crippen LogP contribution in [0.5, 0.6) is 0 Å². The summed E-state index contributed by atoms with van der Waals surface area (Å²) in [6.07, 6.45) is 3.29. The van der Waals surface area contributed by atoms with Gasteiger partial charge in [-0.3, -0.25) is 14.6 Å². The van der Waals surface area contributed by atoms with E-state index in [0.29, 0.717) is 30.6 Å². The molecule has 4 heterocycles. The van der Waals surface area contributed by atoms with Crippen molar-refractivity contribution in [3.05, 3.63) is 51.7 Å². The van der Waals surface area contributed by atoms with Gasteiger partial charge in [-0.25, -0.2) is 4.79 Å². The number of amides is 3. The van der Waals surface area contributed by atoms with Crippen LogP contribution in [-0.4, -0.2) is 60.5 Å². The molecule has 7 heteroatoms. The molecule has 0 aliphatic carbocycles. The van der Waals surface area contributed by atoms with Crippen LogP contribution in [0.3, 0.4) is 0 Å². The molecule has 2 aromatic rings. The van der Waals surface area contributed by atoms with Crippen LogP contribution < -0.4 is 10.2 Å². The molecule has 3 saturated heterocycles. The van der Waals surface area contributed by atoms with Crippen LogP contribution in [0.1, 0.15) is 40.7 Å². The van der Waals surface area contributed by atoms with Crippen LogP contribution in [0.2, 0.25) is 0 Å². The summed E-state index contributed by atoms with van der Waals surface area (Å²) in [4.78, 5) is 32.1. The molecular weight excluding hydrogens is 408 g/mol. The van der Waals surface area contributed by atoms with E-state index in [0.717, 1.165) is 50.3 Å². The number of fused-ring (bicyclic) bond motifs is 1. The smallest absolute Gasteiger partial charge is 0.322 e. The van der Waals surface area contributed by atoms with E-state index in [1.807, 2.05) is 25.1 Å². The largest absolute Gasteiger partial charge is 0.336 e. The lowest BCUT2D eigenvalue weighted by Gasteiger charge is -2.47. The molecule has 3 amide bonds. The molecule has 2 atom stereocenters. The summed E-state index contributed by atoms with van der Waals surface area (Å²) in [6, 6.07) is 8.26. The first kappa shape index (κ1) is 20.5. The summed E-state index contributed by atoms with van der Waals surface area (Å²) in [7, 11) is 0. The van der Waals surface area contributed by atoms with Crippen molar-refractivity contribution in [3.63, 3.8) is 0 Å². The highest BCUT2D eigenvalue weighted by atomic mass is 32.1. The third kappa shape index (κ3) is 4.08. The molecule has 3 fully saturated rings. The predicted molar refractivity (Wildman–Crippen MR) is 124 cm³/mol. The van der Waals surface area contributed by atoms with Crippen LogP contribution in [0.15, 0.2) is 35.0 Å². The van der Waals surface area contributed by atoms with E-state index in [-0.39, 0.29) is 11.9 Å². The number of piperidine rings is 2. The van der Waals surface area contributed by atoms with Gasteiger partial charge in [0.15, 0.2) is 0 Å². The Kier molecular flexibility index (Phi) is 5.71. The molecule has 0 saturated carbocycles. The molecule has 5 rings (SSSR count). The molecule has 164 valence electrons. The number of rotatable bonds is 4. The van der Waals surface area contributed by atoms with Crippen LogP contribution in [0.4, 0.5) is 10.5 Å². The summed E-state index contributed by atoms with van der Waals surface area (Å²) in [6.45, 7) is 7.23. The number of hydrogen-bond donors (Lipinski definition) is 1. The van der Waals surface area contributed by atoms with Crippen molar-refractivity contribution in [2.24, 2.45) is 5.92 Å². The van der Waals surface area contributed by atoms with Gasteiger partial charge < -0.3 is 10.2 Å². The van der Waals surface area contributed by atoms with Crippen LogP contribution in [0, 0.1) is 12.8 Å². The average Bonchev–Trinajstić information content (AvgIpc) is 3.45. The molecular formula is C24H30N4O2S. The van der Waals surface area contributed by atoms with E-state index in [1.54, 1.807) is 16.2 Å². The lowest BCUT2D eigenvalue weighted by molar-refractivity contribution is 0.0184. The zero-order valence-corrected chi connectivity index (χ0v) is 18.9. The normalized spacial score (nSPS) is 24.2. The number of aryl methyl sites for hydroxylation is 1. The number of likely N-dealkylation sites (tertiary alicyclic amines) is 2. The molecule has 0 spiro atoms. The van der Waals surface area contributed by atoms with Gasteiger partial charge in [-0.05, 0) is 72.2 Å². The van der Waals surface area contributed by atoms with Crippen LogP contribution in [-0.2, 0) is 6.54 Å². The minimum Gasteiger partial charge on any atom is -0.336 e. The van der Waals surface area contributed by atoms with Gasteiger partial charge in [-0.1, -0.05) is 6.07 Å². The molecule has 0 bridgehead atoms. The number of hydrogen-bond acceptors (Lipinski definition) is 4. The minimum absolute atomic E-state index is 0.0799. The summed E-state index contributed by atoms with van der Waals surface area (Å²) in [5.41, 5.74) is 3.96. The SMILES string of the molecule is Cc1ccc(C(=O)N2CCC[C@@H]3CN(Cc4ccsc4)CC[C@H]32)cc1N1CCNC1=O. The lowest BCUT2D eigenvalue weighted by atomic mass is 9.83. The third-order valence-electron chi connectivity index (χ3n) is 7.00. The van der Waals surface area contributed by atoms with Gasteiger partial charge in [0.2, 0.25) is 0 Å². The zero-order chi connectivity index (χ0) is 21.4. The first-order valence-corrected chi connectivity index (χ1v) is 12.2. The fourth-order valence-corrected chi connectivity index (χ4v) is 6.08. The van der Waals surface area contributed by atoms with Crippen molar-refractivity contribution in [2.45, 2.75) is 38.8 Å². The van der Waals surface area contributed by atoms with E-state index in [2.05, 4.69) is 31.9 Å². The van der Waals surface area contributed by atoms with E-state index in [9.17, 15) is 9.59 Å². The molecule has 31 heavy (non-hydrogen) atoms. The maximum absolute atomic E-state index is 13.5. The monoisotopic (exact) mass is 438 g/mol. The Hall–Kier alpha value is -2.38. The number of nitrogens with zero attached hydrogens (tertiary/aromatic N) is 3. The Morgan fingerprint density at radius 3 is 2.87 bits per heavy atom. The van der Waals surface area contributed by atoms with Crippen molar-refractivity contribution in [1.82, 2.24) is 15.1 Å². The number of thiophene rings is 1. The summed E-state index contributed by atoms with van der Waals surface area (Å²) >= 11 is 1.76. The highest BCUT2D eigenvalue weighted by Crippen LogP contribution is 2.33. The molecule has 1 aromatic heterocycles. The van der Waals surface area contributed by atoms with Crippen LogP contribution in [0.25, 0.3) is 0 Å². The van der Waals surface area contributed by atoms with Crippen molar-refractivity contribution in [2.75, 3.05) is 37.6 Å². The molecule has 3 aliphatic heterocycles. The van der Waals surface area contributed by atoms with Gasteiger partial charge in [0.1, 0.15) is 0 Å². The molecule has 3 aliphatic rings. The molecule has 0 unspecified atom stereocenters.